The second-order valence-corrected chi connectivity index (χ2v) is 4.87. The van der Waals surface area contributed by atoms with Crippen molar-refractivity contribution in [3.63, 3.8) is 0 Å². The largest absolute Gasteiger partial charge is 0.399 e. The van der Waals surface area contributed by atoms with Crippen LogP contribution in [0.4, 0.5) is 11.4 Å². The molecule has 0 aromatic heterocycles. The number of anilines is 2. The molecule has 4 heteroatoms. The summed E-state index contributed by atoms with van der Waals surface area (Å²) in [4.78, 5) is 0. The Labute approximate surface area is 118 Å². The Morgan fingerprint density at radius 3 is 1.72 bits per heavy atom. The monoisotopic (exact) mass is 282 g/mol. The van der Waals surface area contributed by atoms with Crippen LogP contribution in [0.1, 0.15) is 11.1 Å². The average molecular weight is 283 g/mol. The molecule has 18 heavy (non-hydrogen) atoms. The van der Waals surface area contributed by atoms with Gasteiger partial charge in [0.05, 0.1) is 0 Å². The summed E-state index contributed by atoms with van der Waals surface area (Å²) in [6, 6.07) is 10.9. The van der Waals surface area contributed by atoms with E-state index in [4.69, 9.17) is 34.7 Å². The molecular formula is C14H16Cl2N2. The van der Waals surface area contributed by atoms with Crippen molar-refractivity contribution < 1.29 is 0 Å². The van der Waals surface area contributed by atoms with Gasteiger partial charge in [0, 0.05) is 21.4 Å². The number of rotatable bonds is 0. The van der Waals surface area contributed by atoms with Crippen molar-refractivity contribution >= 4 is 34.6 Å². The molecule has 0 aliphatic rings. The van der Waals surface area contributed by atoms with E-state index in [1.165, 1.54) is 0 Å². The van der Waals surface area contributed by atoms with Crippen LogP contribution in [0.25, 0.3) is 0 Å². The Hall–Kier alpha value is -1.38. The van der Waals surface area contributed by atoms with Crippen molar-refractivity contribution in [2.75, 3.05) is 11.5 Å². The number of aryl methyl sites for hydroxylation is 2. The molecule has 0 spiro atoms. The van der Waals surface area contributed by atoms with Gasteiger partial charge in [-0.15, -0.1) is 0 Å². The lowest BCUT2D eigenvalue weighted by Gasteiger charge is -1.97. The highest BCUT2D eigenvalue weighted by Gasteiger charge is 1.92. The van der Waals surface area contributed by atoms with Gasteiger partial charge in [-0.25, -0.2) is 0 Å². The minimum Gasteiger partial charge on any atom is -0.399 e. The maximum Gasteiger partial charge on any atom is 0.0426 e. The maximum absolute atomic E-state index is 5.66. The number of hydrogen-bond donors (Lipinski definition) is 2. The van der Waals surface area contributed by atoms with Gasteiger partial charge in [-0.05, 0) is 55.3 Å². The zero-order valence-electron chi connectivity index (χ0n) is 10.4. The second kappa shape index (κ2) is 6.53. The normalized spacial score (nSPS) is 9.56. The molecule has 4 N–H and O–H groups in total. The van der Waals surface area contributed by atoms with E-state index in [-0.39, 0.29) is 0 Å². The zero-order chi connectivity index (χ0) is 13.7. The van der Waals surface area contributed by atoms with Gasteiger partial charge in [0.15, 0.2) is 0 Å². The van der Waals surface area contributed by atoms with E-state index in [0.29, 0.717) is 5.02 Å². The van der Waals surface area contributed by atoms with Crippen molar-refractivity contribution in [1.29, 1.82) is 0 Å². The van der Waals surface area contributed by atoms with Crippen molar-refractivity contribution in [2.45, 2.75) is 13.8 Å². The fourth-order valence-corrected chi connectivity index (χ4v) is 1.66. The number of halogens is 2. The highest BCUT2D eigenvalue weighted by atomic mass is 35.5. The molecule has 2 aromatic carbocycles. The molecule has 2 nitrogen and oxygen atoms in total. The Balaban J connectivity index is 0.000000180. The van der Waals surface area contributed by atoms with Crippen molar-refractivity contribution in [2.24, 2.45) is 0 Å². The quantitative estimate of drug-likeness (QED) is 0.701. The lowest BCUT2D eigenvalue weighted by molar-refractivity contribution is 1.47. The summed E-state index contributed by atoms with van der Waals surface area (Å²) >= 11 is 11.3. The van der Waals surface area contributed by atoms with Gasteiger partial charge < -0.3 is 11.5 Å². The van der Waals surface area contributed by atoms with Gasteiger partial charge in [0.2, 0.25) is 0 Å². The molecular weight excluding hydrogens is 267 g/mol. The van der Waals surface area contributed by atoms with Crippen LogP contribution in [0, 0.1) is 13.8 Å². The van der Waals surface area contributed by atoms with Crippen LogP contribution in [0.5, 0.6) is 0 Å². The van der Waals surface area contributed by atoms with Crippen LogP contribution in [-0.2, 0) is 0 Å². The second-order valence-electron chi connectivity index (χ2n) is 4.00. The molecule has 0 saturated carbocycles. The van der Waals surface area contributed by atoms with Crippen LogP contribution in [-0.4, -0.2) is 0 Å². The molecule has 0 aliphatic carbocycles. The third-order valence-corrected chi connectivity index (χ3v) is 2.94. The van der Waals surface area contributed by atoms with Crippen LogP contribution in [0.2, 0.25) is 10.0 Å². The number of benzene rings is 2. The molecule has 96 valence electrons. The molecule has 2 rings (SSSR count). The van der Waals surface area contributed by atoms with Crippen LogP contribution < -0.4 is 11.5 Å². The summed E-state index contributed by atoms with van der Waals surface area (Å²) in [5.41, 5.74) is 14.7. The van der Waals surface area contributed by atoms with E-state index in [0.717, 1.165) is 27.5 Å². The molecule has 0 saturated heterocycles. The SMILES string of the molecule is Cc1cc(Cl)ccc1N.Cc1ccc(Cl)cc1N. The highest BCUT2D eigenvalue weighted by Crippen LogP contribution is 2.16. The summed E-state index contributed by atoms with van der Waals surface area (Å²) in [5.74, 6) is 0. The van der Waals surface area contributed by atoms with Crippen LogP contribution >= 0.6 is 23.2 Å². The Kier molecular flexibility index (Phi) is 5.32. The standard InChI is InChI=1S/2C7H8ClN/c1-5-4-6(8)2-3-7(5)9;1-5-2-3-6(8)4-7(5)9/h2*2-4H,9H2,1H3. The van der Waals surface area contributed by atoms with E-state index in [1.54, 1.807) is 18.2 Å². The Morgan fingerprint density at radius 2 is 1.28 bits per heavy atom. The fourth-order valence-electron chi connectivity index (χ4n) is 1.25. The van der Waals surface area contributed by atoms with Gasteiger partial charge >= 0.3 is 0 Å². The van der Waals surface area contributed by atoms with Crippen LogP contribution in [0.3, 0.4) is 0 Å². The highest BCUT2D eigenvalue weighted by molar-refractivity contribution is 6.31. The summed E-state index contributed by atoms with van der Waals surface area (Å²) in [5, 5.41) is 1.43. The predicted molar refractivity (Wildman–Crippen MR) is 81.2 cm³/mol. The number of hydrogen-bond acceptors (Lipinski definition) is 2. The summed E-state index contributed by atoms with van der Waals surface area (Å²) in [7, 11) is 0. The minimum absolute atomic E-state index is 0.693. The molecule has 0 atom stereocenters. The summed E-state index contributed by atoms with van der Waals surface area (Å²) < 4.78 is 0. The van der Waals surface area contributed by atoms with Crippen molar-refractivity contribution in [3.8, 4) is 0 Å². The lowest BCUT2D eigenvalue weighted by Crippen LogP contribution is -1.87. The molecule has 0 unspecified atom stereocenters. The average Bonchev–Trinajstić information content (AvgIpc) is 2.30. The Morgan fingerprint density at radius 1 is 0.722 bits per heavy atom. The third-order valence-electron chi connectivity index (χ3n) is 2.47. The molecule has 0 fully saturated rings. The van der Waals surface area contributed by atoms with E-state index >= 15 is 0 Å². The first-order valence-electron chi connectivity index (χ1n) is 5.43. The van der Waals surface area contributed by atoms with E-state index in [9.17, 15) is 0 Å². The smallest absolute Gasteiger partial charge is 0.0426 e. The molecule has 0 aliphatic heterocycles. The molecule has 0 amide bonds. The third kappa shape index (κ3) is 4.47. The summed E-state index contributed by atoms with van der Waals surface area (Å²) in [6.07, 6.45) is 0. The fraction of sp³-hybridized carbons (Fsp3) is 0.143. The van der Waals surface area contributed by atoms with Gasteiger partial charge in [-0.2, -0.15) is 0 Å². The predicted octanol–water partition coefficient (Wildman–Crippen LogP) is 4.46. The molecule has 0 heterocycles. The first-order chi connectivity index (χ1) is 8.40. The number of nitrogen functional groups attached to an aromatic ring is 2. The molecule has 2 aromatic rings. The molecule has 0 radical (unpaired) electrons. The minimum atomic E-state index is 0.693. The topological polar surface area (TPSA) is 52.0 Å². The number of nitrogens with two attached hydrogens (primary N) is 2. The first kappa shape index (κ1) is 14.7. The van der Waals surface area contributed by atoms with Crippen molar-refractivity contribution in [1.82, 2.24) is 0 Å². The lowest BCUT2D eigenvalue weighted by atomic mass is 10.2. The van der Waals surface area contributed by atoms with Gasteiger partial charge in [-0.3, -0.25) is 0 Å². The van der Waals surface area contributed by atoms with Crippen molar-refractivity contribution in [3.05, 3.63) is 57.6 Å². The Bertz CT molecular complexity index is 490. The van der Waals surface area contributed by atoms with E-state index in [1.807, 2.05) is 32.0 Å². The first-order valence-corrected chi connectivity index (χ1v) is 6.19. The zero-order valence-corrected chi connectivity index (χ0v) is 11.9. The molecule has 0 bridgehead atoms. The van der Waals surface area contributed by atoms with E-state index in [2.05, 4.69) is 0 Å². The summed E-state index contributed by atoms with van der Waals surface area (Å²) in [6.45, 7) is 3.88. The maximum atomic E-state index is 5.66. The van der Waals surface area contributed by atoms with E-state index < -0.39 is 0 Å². The van der Waals surface area contributed by atoms with Gasteiger partial charge in [0.25, 0.3) is 0 Å². The van der Waals surface area contributed by atoms with Gasteiger partial charge in [0.1, 0.15) is 0 Å². The van der Waals surface area contributed by atoms with Gasteiger partial charge in [-0.1, -0.05) is 29.3 Å². The van der Waals surface area contributed by atoms with Crippen LogP contribution in [0.15, 0.2) is 36.4 Å².